The molecule has 32 heavy (non-hydrogen) atoms. The first-order valence-electron chi connectivity index (χ1n) is 10.5. The number of anilines is 1. The summed E-state index contributed by atoms with van der Waals surface area (Å²) in [6.07, 6.45) is 0.246. The maximum Gasteiger partial charge on any atom is 0.262 e. The van der Waals surface area contributed by atoms with Gasteiger partial charge in [-0.15, -0.1) is 0 Å². The molecule has 1 fully saturated rings. The first-order valence-corrected chi connectivity index (χ1v) is 11.7. The van der Waals surface area contributed by atoms with E-state index in [1.165, 1.54) is 0 Å². The number of halogens is 1. The van der Waals surface area contributed by atoms with Crippen molar-refractivity contribution in [3.63, 3.8) is 0 Å². The minimum Gasteiger partial charge on any atom is -0.493 e. The Bertz CT molecular complexity index is 980. The van der Waals surface area contributed by atoms with E-state index in [1.807, 2.05) is 52.0 Å². The Morgan fingerprint density at radius 1 is 1.16 bits per heavy atom. The van der Waals surface area contributed by atoms with Gasteiger partial charge in [-0.05, 0) is 69.2 Å². The summed E-state index contributed by atoms with van der Waals surface area (Å²) < 4.78 is 18.0. The third-order valence-electron chi connectivity index (χ3n) is 5.24. The normalized spacial score (nSPS) is 18.2. The molecule has 3 rings (SSSR count). The van der Waals surface area contributed by atoms with E-state index in [2.05, 4.69) is 26.1 Å². The van der Waals surface area contributed by atoms with Gasteiger partial charge in [0.1, 0.15) is 4.99 Å². The summed E-state index contributed by atoms with van der Waals surface area (Å²) in [5.74, 6) is 0.779. The van der Waals surface area contributed by atoms with E-state index in [4.69, 9.17) is 26.4 Å². The van der Waals surface area contributed by atoms with Gasteiger partial charge in [0, 0.05) is 28.8 Å². The monoisotopic (exact) mass is 520 g/mol. The van der Waals surface area contributed by atoms with Crippen LogP contribution in [0.4, 0.5) is 5.69 Å². The fourth-order valence-electron chi connectivity index (χ4n) is 3.87. The Morgan fingerprint density at radius 3 is 2.38 bits per heavy atom. The minimum absolute atomic E-state index is 0.123. The highest BCUT2D eigenvalue weighted by Crippen LogP contribution is 2.30. The van der Waals surface area contributed by atoms with Crippen LogP contribution in [0.1, 0.15) is 30.5 Å². The van der Waals surface area contributed by atoms with Crippen LogP contribution >= 0.6 is 28.1 Å². The SMILES string of the molecule is COc1cc(C(=S)N2C[C@H](C)O[C@@H](C)C2)ccc1OCC(=O)Nc1c(C)cc(Br)cc1C. The Labute approximate surface area is 203 Å². The number of rotatable bonds is 6. The highest BCUT2D eigenvalue weighted by atomic mass is 79.9. The van der Waals surface area contributed by atoms with Crippen LogP contribution in [-0.2, 0) is 9.53 Å². The van der Waals surface area contributed by atoms with E-state index in [0.717, 1.165) is 44.9 Å². The topological polar surface area (TPSA) is 60.0 Å². The van der Waals surface area contributed by atoms with Crippen LogP contribution < -0.4 is 14.8 Å². The summed E-state index contributed by atoms with van der Waals surface area (Å²) in [6.45, 7) is 9.37. The van der Waals surface area contributed by atoms with Crippen molar-refractivity contribution in [1.29, 1.82) is 0 Å². The third-order valence-corrected chi connectivity index (χ3v) is 6.19. The van der Waals surface area contributed by atoms with E-state index < -0.39 is 0 Å². The number of carbonyl (C=O) groups is 1. The van der Waals surface area contributed by atoms with Gasteiger partial charge in [-0.3, -0.25) is 4.79 Å². The van der Waals surface area contributed by atoms with Crippen molar-refractivity contribution >= 4 is 44.7 Å². The second-order valence-electron chi connectivity index (χ2n) is 8.08. The number of methoxy groups -OCH3 is 1. The minimum atomic E-state index is -0.239. The van der Waals surface area contributed by atoms with Gasteiger partial charge >= 0.3 is 0 Å². The quantitative estimate of drug-likeness (QED) is 0.548. The average Bonchev–Trinajstić information content (AvgIpc) is 2.73. The number of aryl methyl sites for hydroxylation is 2. The molecule has 0 radical (unpaired) electrons. The van der Waals surface area contributed by atoms with Crippen LogP contribution in [0.3, 0.4) is 0 Å². The number of morpholine rings is 1. The van der Waals surface area contributed by atoms with Gasteiger partial charge in [0.2, 0.25) is 0 Å². The molecule has 1 saturated heterocycles. The van der Waals surface area contributed by atoms with Crippen LogP contribution in [0, 0.1) is 13.8 Å². The van der Waals surface area contributed by atoms with Crippen LogP contribution in [0.25, 0.3) is 0 Å². The van der Waals surface area contributed by atoms with Crippen molar-refractivity contribution in [3.8, 4) is 11.5 Å². The predicted octanol–water partition coefficient (Wildman–Crippen LogP) is 4.88. The lowest BCUT2D eigenvalue weighted by Gasteiger charge is -2.37. The molecular formula is C24H29BrN2O4S. The molecule has 0 unspecified atom stereocenters. The number of hydrogen-bond donors (Lipinski definition) is 1. The zero-order valence-electron chi connectivity index (χ0n) is 19.0. The summed E-state index contributed by atoms with van der Waals surface area (Å²) in [5.41, 5.74) is 3.62. The van der Waals surface area contributed by atoms with Crippen molar-refractivity contribution in [2.24, 2.45) is 0 Å². The highest BCUT2D eigenvalue weighted by molar-refractivity contribution is 9.10. The molecule has 0 saturated carbocycles. The molecule has 0 aromatic heterocycles. The van der Waals surface area contributed by atoms with Crippen molar-refractivity contribution in [2.75, 3.05) is 32.1 Å². The Morgan fingerprint density at radius 2 is 1.78 bits per heavy atom. The predicted molar refractivity (Wildman–Crippen MR) is 134 cm³/mol. The smallest absolute Gasteiger partial charge is 0.262 e. The fraction of sp³-hybridized carbons (Fsp3) is 0.417. The highest BCUT2D eigenvalue weighted by Gasteiger charge is 2.25. The van der Waals surface area contributed by atoms with Gasteiger partial charge in [-0.1, -0.05) is 28.1 Å². The number of amides is 1. The molecule has 1 aliphatic heterocycles. The average molecular weight is 521 g/mol. The number of ether oxygens (including phenoxy) is 3. The number of carbonyl (C=O) groups excluding carboxylic acids is 1. The number of hydrogen-bond acceptors (Lipinski definition) is 5. The second kappa shape index (κ2) is 10.6. The lowest BCUT2D eigenvalue weighted by Crippen LogP contribution is -2.47. The van der Waals surface area contributed by atoms with E-state index in [0.29, 0.717) is 11.5 Å². The van der Waals surface area contributed by atoms with Crippen LogP contribution in [0.2, 0.25) is 0 Å². The molecule has 0 spiro atoms. The Balaban J connectivity index is 1.66. The maximum absolute atomic E-state index is 12.5. The van der Waals surface area contributed by atoms with Crippen molar-refractivity contribution < 1.29 is 19.0 Å². The van der Waals surface area contributed by atoms with Gasteiger partial charge in [0.25, 0.3) is 5.91 Å². The van der Waals surface area contributed by atoms with Crippen LogP contribution in [0.5, 0.6) is 11.5 Å². The standard InChI is InChI=1S/C24H29BrN2O4S/c1-14-8-19(25)9-15(2)23(14)26-22(28)13-30-20-7-6-18(10-21(20)29-5)24(32)27-11-16(3)31-17(4)12-27/h6-10,16-17H,11-13H2,1-5H3,(H,26,28)/t16-,17-/m0/s1. The van der Waals surface area contributed by atoms with Gasteiger partial charge in [-0.2, -0.15) is 0 Å². The van der Waals surface area contributed by atoms with Gasteiger partial charge < -0.3 is 24.4 Å². The van der Waals surface area contributed by atoms with Gasteiger partial charge in [0.05, 0.1) is 19.3 Å². The largest absolute Gasteiger partial charge is 0.493 e. The molecule has 2 aromatic rings. The van der Waals surface area contributed by atoms with Gasteiger partial charge in [-0.25, -0.2) is 0 Å². The summed E-state index contributed by atoms with van der Waals surface area (Å²) in [5, 5.41) is 2.93. The maximum atomic E-state index is 12.5. The number of benzene rings is 2. The fourth-order valence-corrected chi connectivity index (χ4v) is 4.84. The number of nitrogens with one attached hydrogen (secondary N) is 1. The lowest BCUT2D eigenvalue weighted by molar-refractivity contribution is -0.118. The summed E-state index contributed by atoms with van der Waals surface area (Å²) in [6, 6.07) is 9.46. The molecule has 1 heterocycles. The molecule has 0 bridgehead atoms. The second-order valence-corrected chi connectivity index (χ2v) is 9.39. The van der Waals surface area contributed by atoms with Crippen molar-refractivity contribution in [3.05, 3.63) is 51.5 Å². The molecule has 6 nitrogen and oxygen atoms in total. The molecule has 1 amide bonds. The van der Waals surface area contributed by atoms with E-state index in [1.54, 1.807) is 13.2 Å². The molecule has 172 valence electrons. The first-order chi connectivity index (χ1) is 15.2. The zero-order chi connectivity index (χ0) is 23.4. The zero-order valence-corrected chi connectivity index (χ0v) is 21.4. The molecular weight excluding hydrogens is 492 g/mol. The molecule has 2 atom stereocenters. The number of nitrogens with zero attached hydrogens (tertiary/aromatic N) is 1. The van der Waals surface area contributed by atoms with Crippen LogP contribution in [-0.4, -0.2) is 54.8 Å². The molecule has 2 aromatic carbocycles. The van der Waals surface area contributed by atoms with E-state index in [9.17, 15) is 4.79 Å². The van der Waals surface area contributed by atoms with E-state index in [-0.39, 0.29) is 24.7 Å². The molecule has 1 N–H and O–H groups in total. The first kappa shape index (κ1) is 24.5. The van der Waals surface area contributed by atoms with Gasteiger partial charge in [0.15, 0.2) is 18.1 Å². The summed E-state index contributed by atoms with van der Waals surface area (Å²) in [7, 11) is 1.57. The summed E-state index contributed by atoms with van der Waals surface area (Å²) in [4.78, 5) is 15.4. The van der Waals surface area contributed by atoms with Crippen molar-refractivity contribution in [2.45, 2.75) is 39.9 Å². The molecule has 0 aliphatic carbocycles. The third kappa shape index (κ3) is 5.99. The van der Waals surface area contributed by atoms with E-state index >= 15 is 0 Å². The van der Waals surface area contributed by atoms with Crippen LogP contribution in [0.15, 0.2) is 34.8 Å². The lowest BCUT2D eigenvalue weighted by atomic mass is 10.1. The molecule has 8 heteroatoms. The molecule has 1 aliphatic rings. The van der Waals surface area contributed by atoms with Crippen molar-refractivity contribution in [1.82, 2.24) is 4.90 Å². The Hall–Kier alpha value is -2.16. The number of thiocarbonyl (C=S) groups is 1. The summed E-state index contributed by atoms with van der Waals surface area (Å²) >= 11 is 9.18. The Kier molecular flexibility index (Phi) is 8.14.